The Morgan fingerprint density at radius 2 is 1.70 bits per heavy atom. The first kappa shape index (κ1) is 20.4. The lowest BCUT2D eigenvalue weighted by atomic mass is 10.0. The molecule has 0 amide bonds. The minimum Gasteiger partial charge on any atom is -0.480 e. The normalized spacial score (nSPS) is 11.1. The molecular weight excluding hydrogens is 418 g/mol. The van der Waals surface area contributed by atoms with Crippen molar-refractivity contribution in [1.82, 2.24) is 14.5 Å². The molecule has 0 atom stereocenters. The standard InChI is InChI=1S/C23H20ClN3O2S/c1-14-12-27(21-19(14)22(29-2)26-23(25-21)30-3)13-15-4-6-16(7-5-15)20(28)17-8-10-18(24)11-9-17/h4-12H,13H2,1-3H3. The van der Waals surface area contributed by atoms with E-state index in [1.54, 1.807) is 31.4 Å². The second-order valence-corrected chi connectivity index (χ2v) is 8.10. The van der Waals surface area contributed by atoms with E-state index in [1.165, 1.54) is 11.8 Å². The van der Waals surface area contributed by atoms with Crippen molar-refractivity contribution in [3.63, 3.8) is 0 Å². The van der Waals surface area contributed by atoms with Gasteiger partial charge in [-0.25, -0.2) is 4.98 Å². The van der Waals surface area contributed by atoms with Gasteiger partial charge in [0.2, 0.25) is 5.88 Å². The van der Waals surface area contributed by atoms with Gasteiger partial charge in [0, 0.05) is 28.9 Å². The number of hydrogen-bond acceptors (Lipinski definition) is 5. The average molecular weight is 438 g/mol. The van der Waals surface area contributed by atoms with Gasteiger partial charge in [-0.05, 0) is 48.6 Å². The van der Waals surface area contributed by atoms with Gasteiger partial charge in [0.15, 0.2) is 10.9 Å². The fourth-order valence-corrected chi connectivity index (χ4v) is 3.89. The van der Waals surface area contributed by atoms with E-state index in [2.05, 4.69) is 20.7 Å². The summed E-state index contributed by atoms with van der Waals surface area (Å²) in [6, 6.07) is 14.6. The second-order valence-electron chi connectivity index (χ2n) is 6.89. The molecule has 0 fully saturated rings. The Bertz CT molecular complexity index is 1220. The third-order valence-electron chi connectivity index (χ3n) is 4.90. The number of fused-ring (bicyclic) bond motifs is 1. The number of methoxy groups -OCH3 is 1. The van der Waals surface area contributed by atoms with Crippen molar-refractivity contribution in [2.45, 2.75) is 18.6 Å². The molecular formula is C23H20ClN3O2S. The number of hydrogen-bond donors (Lipinski definition) is 0. The van der Waals surface area contributed by atoms with Crippen LogP contribution in [0.5, 0.6) is 5.88 Å². The van der Waals surface area contributed by atoms with Crippen molar-refractivity contribution >= 4 is 40.2 Å². The molecule has 152 valence electrons. The smallest absolute Gasteiger partial charge is 0.227 e. The first-order chi connectivity index (χ1) is 14.5. The second kappa shape index (κ2) is 8.50. The number of aromatic nitrogens is 3. The van der Waals surface area contributed by atoms with Gasteiger partial charge in [0.05, 0.1) is 12.5 Å². The quantitative estimate of drug-likeness (QED) is 0.229. The van der Waals surface area contributed by atoms with Gasteiger partial charge in [-0.1, -0.05) is 47.6 Å². The Balaban J connectivity index is 1.63. The maximum atomic E-state index is 12.7. The fourth-order valence-electron chi connectivity index (χ4n) is 3.41. The molecule has 4 aromatic rings. The van der Waals surface area contributed by atoms with Gasteiger partial charge in [-0.3, -0.25) is 4.79 Å². The number of nitrogens with zero attached hydrogens (tertiary/aromatic N) is 3. The van der Waals surface area contributed by atoms with Crippen LogP contribution in [0.1, 0.15) is 27.0 Å². The highest BCUT2D eigenvalue weighted by atomic mass is 35.5. The molecule has 2 aromatic carbocycles. The van der Waals surface area contributed by atoms with E-state index >= 15 is 0 Å². The number of ketones is 1. The first-order valence-corrected chi connectivity index (χ1v) is 10.9. The molecule has 4 rings (SSSR count). The molecule has 0 aliphatic heterocycles. The molecule has 0 bridgehead atoms. The Kier molecular flexibility index (Phi) is 5.79. The Morgan fingerprint density at radius 1 is 1.07 bits per heavy atom. The largest absolute Gasteiger partial charge is 0.480 e. The molecule has 30 heavy (non-hydrogen) atoms. The number of benzene rings is 2. The molecule has 0 N–H and O–H groups in total. The van der Waals surface area contributed by atoms with Gasteiger partial charge < -0.3 is 9.30 Å². The van der Waals surface area contributed by atoms with Gasteiger partial charge in [0.25, 0.3) is 0 Å². The van der Waals surface area contributed by atoms with Gasteiger partial charge >= 0.3 is 0 Å². The summed E-state index contributed by atoms with van der Waals surface area (Å²) in [5.41, 5.74) is 4.23. The van der Waals surface area contributed by atoms with E-state index in [0.29, 0.717) is 33.7 Å². The summed E-state index contributed by atoms with van der Waals surface area (Å²) in [4.78, 5) is 21.8. The molecule has 5 nitrogen and oxygen atoms in total. The van der Waals surface area contributed by atoms with E-state index in [9.17, 15) is 4.79 Å². The van der Waals surface area contributed by atoms with Crippen LogP contribution in [0.4, 0.5) is 0 Å². The molecule has 0 aliphatic carbocycles. The van der Waals surface area contributed by atoms with Crippen LogP contribution < -0.4 is 4.74 Å². The van der Waals surface area contributed by atoms with E-state index in [4.69, 9.17) is 16.3 Å². The van der Waals surface area contributed by atoms with Crippen LogP contribution >= 0.6 is 23.4 Å². The van der Waals surface area contributed by atoms with Gasteiger partial charge in [0.1, 0.15) is 5.65 Å². The Hall–Kier alpha value is -2.83. The molecule has 2 heterocycles. The third kappa shape index (κ3) is 3.93. The zero-order valence-electron chi connectivity index (χ0n) is 16.8. The summed E-state index contributed by atoms with van der Waals surface area (Å²) in [5, 5.41) is 2.20. The van der Waals surface area contributed by atoms with Crippen LogP contribution in [0.2, 0.25) is 5.02 Å². The predicted molar refractivity (Wildman–Crippen MR) is 121 cm³/mol. The van der Waals surface area contributed by atoms with E-state index in [-0.39, 0.29) is 5.78 Å². The van der Waals surface area contributed by atoms with Crippen LogP contribution in [0, 0.1) is 6.92 Å². The molecule has 7 heteroatoms. The lowest BCUT2D eigenvalue weighted by Crippen LogP contribution is -2.03. The zero-order valence-corrected chi connectivity index (χ0v) is 18.4. The molecule has 0 unspecified atom stereocenters. The average Bonchev–Trinajstić information content (AvgIpc) is 3.08. The van der Waals surface area contributed by atoms with Gasteiger partial charge in [-0.2, -0.15) is 4.98 Å². The minimum absolute atomic E-state index is 0.0254. The van der Waals surface area contributed by atoms with Crippen molar-refractivity contribution < 1.29 is 9.53 Å². The lowest BCUT2D eigenvalue weighted by molar-refractivity contribution is 0.103. The van der Waals surface area contributed by atoms with E-state index in [1.807, 2.05) is 37.4 Å². The summed E-state index contributed by atoms with van der Waals surface area (Å²) in [6.07, 6.45) is 4.00. The number of rotatable bonds is 6. The first-order valence-electron chi connectivity index (χ1n) is 9.35. The van der Waals surface area contributed by atoms with Crippen molar-refractivity contribution in [2.24, 2.45) is 0 Å². The number of carbonyl (C=O) groups is 1. The monoisotopic (exact) mass is 437 g/mol. The SMILES string of the molecule is COc1nc(SC)nc2c1c(C)cn2Cc1ccc(C(=O)c2ccc(Cl)cc2)cc1. The lowest BCUT2D eigenvalue weighted by Gasteiger charge is -2.08. The van der Waals surface area contributed by atoms with E-state index < -0.39 is 0 Å². The van der Waals surface area contributed by atoms with Crippen molar-refractivity contribution in [2.75, 3.05) is 13.4 Å². The van der Waals surface area contributed by atoms with E-state index in [0.717, 1.165) is 22.2 Å². The topological polar surface area (TPSA) is 57.0 Å². The van der Waals surface area contributed by atoms with Crippen molar-refractivity contribution in [3.05, 3.63) is 82.0 Å². The summed E-state index contributed by atoms with van der Waals surface area (Å²) in [5.74, 6) is 0.562. The molecule has 0 saturated heterocycles. The predicted octanol–water partition coefficient (Wildman–Crippen LogP) is 5.40. The number of carbonyl (C=O) groups excluding carboxylic acids is 1. The number of halogens is 1. The number of thioether (sulfide) groups is 1. The molecule has 2 aromatic heterocycles. The molecule has 0 saturated carbocycles. The highest BCUT2D eigenvalue weighted by molar-refractivity contribution is 7.98. The molecule has 0 radical (unpaired) electrons. The zero-order chi connectivity index (χ0) is 21.3. The van der Waals surface area contributed by atoms with Crippen LogP contribution in [-0.2, 0) is 6.54 Å². The highest BCUT2D eigenvalue weighted by Gasteiger charge is 2.16. The maximum absolute atomic E-state index is 12.7. The van der Waals surface area contributed by atoms with Crippen molar-refractivity contribution in [3.8, 4) is 5.88 Å². The summed E-state index contributed by atoms with van der Waals surface area (Å²) < 4.78 is 7.57. The Labute approximate surface area is 184 Å². The molecule has 0 aliphatic rings. The van der Waals surface area contributed by atoms with Crippen LogP contribution in [0.15, 0.2) is 59.9 Å². The number of aryl methyl sites for hydroxylation is 1. The highest BCUT2D eigenvalue weighted by Crippen LogP contribution is 2.30. The fraction of sp³-hybridized carbons (Fsp3) is 0.174. The maximum Gasteiger partial charge on any atom is 0.227 e. The third-order valence-corrected chi connectivity index (χ3v) is 5.70. The van der Waals surface area contributed by atoms with Crippen LogP contribution in [-0.4, -0.2) is 33.7 Å². The Morgan fingerprint density at radius 3 is 2.30 bits per heavy atom. The van der Waals surface area contributed by atoms with Crippen molar-refractivity contribution in [1.29, 1.82) is 0 Å². The van der Waals surface area contributed by atoms with Crippen LogP contribution in [0.3, 0.4) is 0 Å². The number of ether oxygens (including phenoxy) is 1. The molecule has 0 spiro atoms. The van der Waals surface area contributed by atoms with Gasteiger partial charge in [-0.15, -0.1) is 0 Å². The summed E-state index contributed by atoms with van der Waals surface area (Å²) in [7, 11) is 1.62. The summed E-state index contributed by atoms with van der Waals surface area (Å²) in [6.45, 7) is 2.66. The summed E-state index contributed by atoms with van der Waals surface area (Å²) >= 11 is 7.39. The minimum atomic E-state index is -0.0254. The van der Waals surface area contributed by atoms with Crippen LogP contribution in [0.25, 0.3) is 11.0 Å².